The van der Waals surface area contributed by atoms with E-state index >= 15 is 0 Å². The van der Waals surface area contributed by atoms with Crippen LogP contribution in [0, 0.1) is 5.92 Å². The number of halogens is 4. The van der Waals surface area contributed by atoms with Gasteiger partial charge in [-0.05, 0) is 62.0 Å². The zero-order valence-corrected chi connectivity index (χ0v) is 17.5. The molecule has 0 saturated carbocycles. The fourth-order valence-electron chi connectivity index (χ4n) is 4.46. The maximum atomic E-state index is 13.2. The van der Waals surface area contributed by atoms with Crippen molar-refractivity contribution in [2.24, 2.45) is 5.92 Å². The van der Waals surface area contributed by atoms with Crippen LogP contribution in [0.15, 0.2) is 48.5 Å². The van der Waals surface area contributed by atoms with Crippen molar-refractivity contribution >= 4 is 29.1 Å². The normalized spacial score (nSPS) is 21.2. The number of piperidine rings is 1. The quantitative estimate of drug-likeness (QED) is 0.619. The minimum atomic E-state index is -4.67. The fourth-order valence-corrected chi connectivity index (χ4v) is 4.68. The lowest BCUT2D eigenvalue weighted by atomic mass is 9.89. The topological polar surface area (TPSA) is 40.6 Å². The van der Waals surface area contributed by atoms with E-state index in [1.54, 1.807) is 0 Å². The third-order valence-corrected chi connectivity index (χ3v) is 6.42. The standard InChI is InChI=1S/C23H22ClF3N2O2/c24-19-7-6-17(13-18(19)23(25,26)27)29-21(30)14-20(22(29)31)28-10-8-16(9-11-28)12-15-4-2-1-3-5-15/h1-7,13,16,20H,8-12,14H2/t20-/m1/s1. The highest BCUT2D eigenvalue weighted by molar-refractivity contribution is 6.31. The summed E-state index contributed by atoms with van der Waals surface area (Å²) in [6.45, 7) is 1.37. The van der Waals surface area contributed by atoms with Crippen molar-refractivity contribution in [1.29, 1.82) is 0 Å². The van der Waals surface area contributed by atoms with E-state index in [9.17, 15) is 22.8 Å². The number of hydrogen-bond donors (Lipinski definition) is 0. The summed E-state index contributed by atoms with van der Waals surface area (Å²) in [5.74, 6) is -0.452. The molecule has 2 aromatic rings. The molecule has 0 unspecified atom stereocenters. The molecule has 2 fully saturated rings. The number of alkyl halides is 3. The van der Waals surface area contributed by atoms with Crippen molar-refractivity contribution < 1.29 is 22.8 Å². The van der Waals surface area contributed by atoms with Crippen LogP contribution in [0.4, 0.5) is 18.9 Å². The Bertz CT molecular complexity index is 973. The molecule has 164 valence electrons. The smallest absolute Gasteiger partial charge is 0.292 e. The first-order valence-corrected chi connectivity index (χ1v) is 10.6. The summed E-state index contributed by atoms with van der Waals surface area (Å²) in [5, 5.41) is -0.465. The molecular weight excluding hydrogens is 429 g/mol. The van der Waals surface area contributed by atoms with Crippen molar-refractivity contribution in [2.45, 2.75) is 37.9 Å². The van der Waals surface area contributed by atoms with Crippen LogP contribution in [0.2, 0.25) is 5.02 Å². The van der Waals surface area contributed by atoms with E-state index in [-0.39, 0.29) is 12.1 Å². The van der Waals surface area contributed by atoms with Gasteiger partial charge in [0.05, 0.1) is 28.7 Å². The first kappa shape index (κ1) is 21.8. The molecule has 4 nitrogen and oxygen atoms in total. The lowest BCUT2D eigenvalue weighted by molar-refractivity contribution is -0.137. The molecule has 4 rings (SSSR count). The number of rotatable bonds is 4. The summed E-state index contributed by atoms with van der Waals surface area (Å²) in [4.78, 5) is 28.4. The maximum absolute atomic E-state index is 13.2. The zero-order chi connectivity index (χ0) is 22.2. The van der Waals surface area contributed by atoms with Gasteiger partial charge in [-0.3, -0.25) is 14.5 Å². The summed E-state index contributed by atoms with van der Waals surface area (Å²) in [6.07, 6.45) is -1.90. The van der Waals surface area contributed by atoms with Gasteiger partial charge in [0.1, 0.15) is 0 Å². The van der Waals surface area contributed by atoms with Crippen LogP contribution < -0.4 is 4.90 Å². The number of hydrogen-bond acceptors (Lipinski definition) is 3. The van der Waals surface area contributed by atoms with Crippen molar-refractivity contribution in [2.75, 3.05) is 18.0 Å². The average molecular weight is 451 g/mol. The Kier molecular flexibility index (Phi) is 6.08. The average Bonchev–Trinajstić information content (AvgIpc) is 3.03. The SMILES string of the molecule is O=C1C[C@@H](N2CCC(Cc3ccccc3)CC2)C(=O)N1c1ccc(Cl)c(C(F)(F)F)c1. The summed E-state index contributed by atoms with van der Waals surface area (Å²) < 4.78 is 39.6. The predicted molar refractivity (Wildman–Crippen MR) is 112 cm³/mol. The van der Waals surface area contributed by atoms with Crippen LogP contribution in [-0.2, 0) is 22.2 Å². The Morgan fingerprint density at radius 1 is 1.00 bits per heavy atom. The number of anilines is 1. The molecular formula is C23H22ClF3N2O2. The second-order valence-electron chi connectivity index (χ2n) is 8.12. The van der Waals surface area contributed by atoms with E-state index < -0.39 is 34.6 Å². The van der Waals surface area contributed by atoms with E-state index in [4.69, 9.17) is 11.6 Å². The van der Waals surface area contributed by atoms with Gasteiger partial charge in [-0.2, -0.15) is 13.2 Å². The van der Waals surface area contributed by atoms with Crippen molar-refractivity contribution in [3.63, 3.8) is 0 Å². The number of benzene rings is 2. The minimum absolute atomic E-state index is 0.0217. The van der Waals surface area contributed by atoms with Crippen LogP contribution in [0.5, 0.6) is 0 Å². The highest BCUT2D eigenvalue weighted by atomic mass is 35.5. The molecule has 2 aliphatic rings. The predicted octanol–water partition coefficient (Wildman–Crippen LogP) is 4.95. The Morgan fingerprint density at radius 2 is 1.68 bits per heavy atom. The highest BCUT2D eigenvalue weighted by Crippen LogP contribution is 2.38. The third-order valence-electron chi connectivity index (χ3n) is 6.09. The molecule has 0 spiro atoms. The molecule has 0 N–H and O–H groups in total. The molecule has 2 amide bonds. The van der Waals surface area contributed by atoms with Gasteiger partial charge in [0, 0.05) is 0 Å². The summed E-state index contributed by atoms with van der Waals surface area (Å²) in [6, 6.07) is 12.7. The van der Waals surface area contributed by atoms with Gasteiger partial charge in [0.2, 0.25) is 5.91 Å². The summed E-state index contributed by atoms with van der Waals surface area (Å²) >= 11 is 5.67. The molecule has 2 saturated heterocycles. The van der Waals surface area contributed by atoms with Crippen molar-refractivity contribution in [3.05, 3.63) is 64.7 Å². The summed E-state index contributed by atoms with van der Waals surface area (Å²) in [5.41, 5.74) is 0.132. The van der Waals surface area contributed by atoms with Crippen LogP contribution in [0.1, 0.15) is 30.4 Å². The van der Waals surface area contributed by atoms with Crippen LogP contribution >= 0.6 is 11.6 Å². The molecule has 0 aromatic heterocycles. The highest BCUT2D eigenvalue weighted by Gasteiger charge is 2.44. The number of likely N-dealkylation sites (tertiary alicyclic amines) is 1. The maximum Gasteiger partial charge on any atom is 0.417 e. The Balaban J connectivity index is 1.43. The van der Waals surface area contributed by atoms with Gasteiger partial charge < -0.3 is 0 Å². The number of imide groups is 1. The molecule has 0 aliphatic carbocycles. The third kappa shape index (κ3) is 4.62. The molecule has 31 heavy (non-hydrogen) atoms. The van der Waals surface area contributed by atoms with E-state index in [0.29, 0.717) is 19.0 Å². The number of carbonyl (C=O) groups excluding carboxylic acids is 2. The monoisotopic (exact) mass is 450 g/mol. The fraction of sp³-hybridized carbons (Fsp3) is 0.391. The van der Waals surface area contributed by atoms with Gasteiger partial charge in [-0.15, -0.1) is 0 Å². The second kappa shape index (κ2) is 8.63. The summed E-state index contributed by atoms with van der Waals surface area (Å²) in [7, 11) is 0. The number of carbonyl (C=O) groups is 2. The number of nitrogens with zero attached hydrogens (tertiary/aromatic N) is 2. The van der Waals surface area contributed by atoms with E-state index in [0.717, 1.165) is 36.3 Å². The van der Waals surface area contributed by atoms with Crippen LogP contribution in [0.3, 0.4) is 0 Å². The first-order chi connectivity index (χ1) is 14.7. The van der Waals surface area contributed by atoms with E-state index in [1.165, 1.54) is 11.6 Å². The zero-order valence-electron chi connectivity index (χ0n) is 16.7. The lowest BCUT2D eigenvalue weighted by Gasteiger charge is -2.34. The molecule has 0 radical (unpaired) electrons. The van der Waals surface area contributed by atoms with Gasteiger partial charge in [0.15, 0.2) is 0 Å². The Morgan fingerprint density at radius 3 is 2.32 bits per heavy atom. The van der Waals surface area contributed by atoms with E-state index in [2.05, 4.69) is 12.1 Å². The van der Waals surface area contributed by atoms with Crippen molar-refractivity contribution in [3.8, 4) is 0 Å². The minimum Gasteiger partial charge on any atom is -0.292 e. The van der Waals surface area contributed by atoms with Gasteiger partial charge in [-0.25, -0.2) is 4.90 Å². The largest absolute Gasteiger partial charge is 0.417 e. The first-order valence-electron chi connectivity index (χ1n) is 10.3. The second-order valence-corrected chi connectivity index (χ2v) is 8.53. The Labute approximate surface area is 183 Å². The Hall–Kier alpha value is -2.38. The molecule has 1 atom stereocenters. The lowest BCUT2D eigenvalue weighted by Crippen LogP contribution is -2.46. The molecule has 0 bridgehead atoms. The van der Waals surface area contributed by atoms with Gasteiger partial charge in [-0.1, -0.05) is 41.9 Å². The van der Waals surface area contributed by atoms with E-state index in [1.807, 2.05) is 23.1 Å². The van der Waals surface area contributed by atoms with Crippen LogP contribution in [-0.4, -0.2) is 35.8 Å². The molecule has 8 heteroatoms. The van der Waals surface area contributed by atoms with Crippen molar-refractivity contribution in [1.82, 2.24) is 4.90 Å². The van der Waals surface area contributed by atoms with Gasteiger partial charge >= 0.3 is 6.18 Å². The molecule has 2 aromatic carbocycles. The van der Waals surface area contributed by atoms with Gasteiger partial charge in [0.25, 0.3) is 5.91 Å². The molecule has 2 heterocycles. The number of amides is 2. The van der Waals surface area contributed by atoms with Crippen LogP contribution in [0.25, 0.3) is 0 Å². The molecule has 2 aliphatic heterocycles.